The van der Waals surface area contributed by atoms with Gasteiger partial charge in [0.25, 0.3) is 5.91 Å². The Morgan fingerprint density at radius 2 is 1.89 bits per heavy atom. The fraction of sp³-hybridized carbons (Fsp3) is 0.111. The molecule has 27 heavy (non-hydrogen) atoms. The molecule has 0 fully saturated rings. The zero-order valence-corrected chi connectivity index (χ0v) is 16.7. The second kappa shape index (κ2) is 8.18. The molecule has 6 nitrogen and oxygen atoms in total. The number of carbonyl (C=O) groups is 1. The molecule has 0 radical (unpaired) electrons. The summed E-state index contributed by atoms with van der Waals surface area (Å²) in [5.41, 5.74) is 1.23. The van der Waals surface area contributed by atoms with Crippen molar-refractivity contribution in [1.29, 1.82) is 0 Å². The molecule has 0 aliphatic heterocycles. The Labute approximate surface area is 165 Å². The van der Waals surface area contributed by atoms with E-state index in [1.54, 1.807) is 0 Å². The average molecular weight is 422 g/mol. The SMILES string of the molecule is CNS(=O)(=O)c1ccc(C(=O)N=c2sccn2Cc2ccccc2Cl)cc1. The first-order chi connectivity index (χ1) is 12.9. The van der Waals surface area contributed by atoms with Crippen molar-refractivity contribution in [2.24, 2.45) is 4.99 Å². The summed E-state index contributed by atoms with van der Waals surface area (Å²) in [6.07, 6.45) is 1.84. The highest BCUT2D eigenvalue weighted by atomic mass is 35.5. The molecule has 0 saturated carbocycles. The molecular formula is C18H16ClN3O3S2. The number of sulfonamides is 1. The second-order valence-corrected chi connectivity index (χ2v) is 8.72. The predicted molar refractivity (Wildman–Crippen MR) is 105 cm³/mol. The predicted octanol–water partition coefficient (Wildman–Crippen LogP) is 2.90. The third kappa shape index (κ3) is 4.54. The number of hydrogen-bond donors (Lipinski definition) is 1. The molecule has 1 heterocycles. The first-order valence-electron chi connectivity index (χ1n) is 7.91. The molecule has 0 bridgehead atoms. The maximum Gasteiger partial charge on any atom is 0.279 e. The van der Waals surface area contributed by atoms with Gasteiger partial charge in [0.1, 0.15) is 0 Å². The fourth-order valence-corrected chi connectivity index (χ4v) is 4.01. The van der Waals surface area contributed by atoms with E-state index >= 15 is 0 Å². The second-order valence-electron chi connectivity index (χ2n) is 5.55. The number of nitrogens with zero attached hydrogens (tertiary/aromatic N) is 2. The summed E-state index contributed by atoms with van der Waals surface area (Å²) in [4.78, 5) is 17.2. The summed E-state index contributed by atoms with van der Waals surface area (Å²) in [7, 11) is -2.21. The third-order valence-electron chi connectivity index (χ3n) is 3.84. The Morgan fingerprint density at radius 1 is 1.19 bits per heavy atom. The molecule has 1 N–H and O–H groups in total. The molecular weight excluding hydrogens is 406 g/mol. The summed E-state index contributed by atoms with van der Waals surface area (Å²) < 4.78 is 27.6. The number of amides is 1. The molecule has 1 amide bonds. The van der Waals surface area contributed by atoms with E-state index in [1.165, 1.54) is 42.6 Å². The monoisotopic (exact) mass is 421 g/mol. The maximum atomic E-state index is 12.4. The Kier molecular flexibility index (Phi) is 5.91. The van der Waals surface area contributed by atoms with Crippen LogP contribution in [0.2, 0.25) is 5.02 Å². The lowest BCUT2D eigenvalue weighted by Gasteiger charge is -2.05. The molecule has 0 aliphatic carbocycles. The van der Waals surface area contributed by atoms with E-state index in [0.29, 0.717) is 21.9 Å². The van der Waals surface area contributed by atoms with Crippen LogP contribution in [-0.2, 0) is 16.6 Å². The van der Waals surface area contributed by atoms with Crippen molar-refractivity contribution >= 4 is 38.9 Å². The standard InChI is InChI=1S/C18H16ClN3O3S2/c1-20-27(24,25)15-8-6-13(7-9-15)17(23)21-18-22(10-11-26-18)12-14-4-2-3-5-16(14)19/h2-11,20H,12H2,1H3. The van der Waals surface area contributed by atoms with Gasteiger partial charge in [-0.3, -0.25) is 4.79 Å². The van der Waals surface area contributed by atoms with Crippen LogP contribution in [0.1, 0.15) is 15.9 Å². The lowest BCUT2D eigenvalue weighted by atomic mass is 10.2. The van der Waals surface area contributed by atoms with Gasteiger partial charge < -0.3 is 4.57 Å². The third-order valence-corrected chi connectivity index (χ3v) is 6.43. The lowest BCUT2D eigenvalue weighted by Crippen LogP contribution is -2.19. The molecule has 3 aromatic rings. The lowest BCUT2D eigenvalue weighted by molar-refractivity contribution is 0.0997. The van der Waals surface area contributed by atoms with Crippen molar-refractivity contribution < 1.29 is 13.2 Å². The topological polar surface area (TPSA) is 80.5 Å². The van der Waals surface area contributed by atoms with Gasteiger partial charge in [0.15, 0.2) is 4.80 Å². The molecule has 0 aliphatic rings. The number of carbonyl (C=O) groups excluding carboxylic acids is 1. The van der Waals surface area contributed by atoms with E-state index in [9.17, 15) is 13.2 Å². The Morgan fingerprint density at radius 3 is 2.56 bits per heavy atom. The first kappa shape index (κ1) is 19.5. The molecule has 0 saturated heterocycles. The van der Waals surface area contributed by atoms with Crippen LogP contribution in [0.15, 0.2) is 70.0 Å². The molecule has 2 aromatic carbocycles. The van der Waals surface area contributed by atoms with Crippen molar-refractivity contribution in [3.8, 4) is 0 Å². The molecule has 140 valence electrons. The fourth-order valence-electron chi connectivity index (χ4n) is 2.36. The minimum Gasteiger partial charge on any atom is -0.319 e. The largest absolute Gasteiger partial charge is 0.319 e. The maximum absolute atomic E-state index is 12.4. The number of aromatic nitrogens is 1. The van der Waals surface area contributed by atoms with Crippen LogP contribution in [0.4, 0.5) is 0 Å². The van der Waals surface area contributed by atoms with E-state index in [1.807, 2.05) is 40.4 Å². The van der Waals surface area contributed by atoms with Gasteiger partial charge in [0, 0.05) is 22.2 Å². The quantitative estimate of drug-likeness (QED) is 0.687. The van der Waals surface area contributed by atoms with E-state index in [4.69, 9.17) is 11.6 Å². The molecule has 0 unspecified atom stereocenters. The summed E-state index contributed by atoms with van der Waals surface area (Å²) >= 11 is 7.53. The van der Waals surface area contributed by atoms with Crippen molar-refractivity contribution in [3.05, 3.63) is 81.1 Å². The molecule has 3 rings (SSSR count). The Balaban J connectivity index is 1.87. The van der Waals surface area contributed by atoms with E-state index in [0.717, 1.165) is 5.56 Å². The van der Waals surface area contributed by atoms with Gasteiger partial charge in [-0.2, -0.15) is 4.99 Å². The zero-order chi connectivity index (χ0) is 19.4. The number of benzene rings is 2. The number of halogens is 1. The van der Waals surface area contributed by atoms with Crippen LogP contribution < -0.4 is 9.52 Å². The number of hydrogen-bond acceptors (Lipinski definition) is 4. The van der Waals surface area contributed by atoms with E-state index < -0.39 is 15.9 Å². The summed E-state index contributed by atoms with van der Waals surface area (Å²) in [6, 6.07) is 13.1. The van der Waals surface area contributed by atoms with Gasteiger partial charge in [-0.15, -0.1) is 11.3 Å². The van der Waals surface area contributed by atoms with Crippen LogP contribution in [0.25, 0.3) is 0 Å². The number of nitrogens with one attached hydrogen (secondary N) is 1. The minimum absolute atomic E-state index is 0.0893. The van der Waals surface area contributed by atoms with Crippen LogP contribution in [0, 0.1) is 0 Å². The van der Waals surface area contributed by atoms with Crippen molar-refractivity contribution in [2.45, 2.75) is 11.4 Å². The van der Waals surface area contributed by atoms with Crippen LogP contribution in [-0.4, -0.2) is 25.9 Å². The van der Waals surface area contributed by atoms with E-state index in [2.05, 4.69) is 9.71 Å². The molecule has 1 aromatic heterocycles. The van der Waals surface area contributed by atoms with Crippen molar-refractivity contribution in [3.63, 3.8) is 0 Å². The van der Waals surface area contributed by atoms with Crippen molar-refractivity contribution in [2.75, 3.05) is 7.05 Å². The zero-order valence-electron chi connectivity index (χ0n) is 14.3. The van der Waals surface area contributed by atoms with Crippen LogP contribution in [0.3, 0.4) is 0 Å². The number of thiazole rings is 1. The van der Waals surface area contributed by atoms with Crippen LogP contribution in [0.5, 0.6) is 0 Å². The van der Waals surface area contributed by atoms with Crippen LogP contribution >= 0.6 is 22.9 Å². The summed E-state index contributed by atoms with van der Waals surface area (Å²) in [5.74, 6) is -0.446. The Hall–Kier alpha value is -2.26. The molecule has 0 spiro atoms. The summed E-state index contributed by atoms with van der Waals surface area (Å²) in [6.45, 7) is 0.495. The highest BCUT2D eigenvalue weighted by Crippen LogP contribution is 2.16. The minimum atomic E-state index is -3.54. The highest BCUT2D eigenvalue weighted by Gasteiger charge is 2.12. The van der Waals surface area contributed by atoms with Gasteiger partial charge in [-0.1, -0.05) is 29.8 Å². The molecule has 0 atom stereocenters. The van der Waals surface area contributed by atoms with Gasteiger partial charge in [-0.25, -0.2) is 13.1 Å². The van der Waals surface area contributed by atoms with Crippen molar-refractivity contribution in [1.82, 2.24) is 9.29 Å². The average Bonchev–Trinajstić information content (AvgIpc) is 3.10. The summed E-state index contributed by atoms with van der Waals surface area (Å²) in [5, 5.41) is 2.49. The molecule has 9 heteroatoms. The van der Waals surface area contributed by atoms with Gasteiger partial charge in [0.05, 0.1) is 11.4 Å². The smallest absolute Gasteiger partial charge is 0.279 e. The van der Waals surface area contributed by atoms with Gasteiger partial charge in [0.2, 0.25) is 10.0 Å². The normalized spacial score (nSPS) is 12.3. The van der Waals surface area contributed by atoms with E-state index in [-0.39, 0.29) is 4.90 Å². The first-order valence-corrected chi connectivity index (χ1v) is 10.6. The van der Waals surface area contributed by atoms with Gasteiger partial charge in [-0.05, 0) is 42.9 Å². The van der Waals surface area contributed by atoms with Gasteiger partial charge >= 0.3 is 0 Å². The highest BCUT2D eigenvalue weighted by molar-refractivity contribution is 7.89. The number of rotatable bonds is 5. The Bertz CT molecular complexity index is 1130.